The molecule has 0 saturated heterocycles. The predicted octanol–water partition coefficient (Wildman–Crippen LogP) is 2.33. The first-order valence-corrected chi connectivity index (χ1v) is 5.80. The Morgan fingerprint density at radius 3 is 2.81 bits per heavy atom. The Labute approximate surface area is 96.3 Å². The maximum absolute atomic E-state index is 5.78. The van der Waals surface area contributed by atoms with Crippen LogP contribution < -0.4 is 5.73 Å². The number of imidazole rings is 1. The topological polar surface area (TPSA) is 43.8 Å². The van der Waals surface area contributed by atoms with Crippen molar-refractivity contribution in [2.24, 2.45) is 12.8 Å². The van der Waals surface area contributed by atoms with E-state index in [-0.39, 0.29) is 0 Å². The van der Waals surface area contributed by atoms with E-state index in [1.165, 1.54) is 11.1 Å². The highest BCUT2D eigenvalue weighted by atomic mass is 15.1. The molecular formula is C13H19N3. The molecule has 0 aliphatic rings. The van der Waals surface area contributed by atoms with Gasteiger partial charge in [0.2, 0.25) is 0 Å². The maximum Gasteiger partial charge on any atom is 0.113 e. The van der Waals surface area contributed by atoms with Crippen LogP contribution in [0.1, 0.15) is 30.7 Å². The van der Waals surface area contributed by atoms with E-state index < -0.39 is 0 Å². The third-order valence-corrected chi connectivity index (χ3v) is 3.21. The van der Waals surface area contributed by atoms with Gasteiger partial charge in [0.05, 0.1) is 11.0 Å². The summed E-state index contributed by atoms with van der Waals surface area (Å²) >= 11 is 0. The SMILES string of the molecule is CCC(CN)c1nc2cc(C)ccc2n1C. The lowest BCUT2D eigenvalue weighted by molar-refractivity contribution is 0.608. The Bertz CT molecular complexity index is 495. The second kappa shape index (κ2) is 4.26. The summed E-state index contributed by atoms with van der Waals surface area (Å²) in [5.41, 5.74) is 9.29. The van der Waals surface area contributed by atoms with Crippen molar-refractivity contribution in [2.75, 3.05) is 6.54 Å². The lowest BCUT2D eigenvalue weighted by Gasteiger charge is -2.11. The Kier molecular flexibility index (Phi) is 2.97. The monoisotopic (exact) mass is 217 g/mol. The average Bonchev–Trinajstić information content (AvgIpc) is 2.58. The molecule has 2 aromatic rings. The molecule has 3 nitrogen and oxygen atoms in total. The molecule has 86 valence electrons. The van der Waals surface area contributed by atoms with Crippen LogP contribution in [0.3, 0.4) is 0 Å². The zero-order chi connectivity index (χ0) is 11.7. The van der Waals surface area contributed by atoms with Gasteiger partial charge in [-0.05, 0) is 31.0 Å². The molecule has 0 amide bonds. The summed E-state index contributed by atoms with van der Waals surface area (Å²) in [6.45, 7) is 4.91. The van der Waals surface area contributed by atoms with Gasteiger partial charge in [-0.2, -0.15) is 0 Å². The molecule has 1 atom stereocenters. The zero-order valence-electron chi connectivity index (χ0n) is 10.2. The van der Waals surface area contributed by atoms with Crippen molar-refractivity contribution in [1.82, 2.24) is 9.55 Å². The van der Waals surface area contributed by atoms with Crippen molar-refractivity contribution in [1.29, 1.82) is 0 Å². The Hall–Kier alpha value is -1.35. The number of rotatable bonds is 3. The van der Waals surface area contributed by atoms with E-state index in [1.54, 1.807) is 0 Å². The molecule has 1 unspecified atom stereocenters. The van der Waals surface area contributed by atoms with Crippen LogP contribution in [0.5, 0.6) is 0 Å². The van der Waals surface area contributed by atoms with Gasteiger partial charge in [0.25, 0.3) is 0 Å². The van der Waals surface area contributed by atoms with Crippen molar-refractivity contribution < 1.29 is 0 Å². The summed E-state index contributed by atoms with van der Waals surface area (Å²) in [6.07, 6.45) is 1.03. The molecule has 0 aliphatic heterocycles. The first-order chi connectivity index (χ1) is 7.67. The Balaban J connectivity index is 2.59. The van der Waals surface area contributed by atoms with Crippen molar-refractivity contribution in [3.8, 4) is 0 Å². The number of nitrogens with zero attached hydrogens (tertiary/aromatic N) is 2. The molecule has 2 N–H and O–H groups in total. The van der Waals surface area contributed by atoms with Crippen LogP contribution in [0.2, 0.25) is 0 Å². The summed E-state index contributed by atoms with van der Waals surface area (Å²) in [5.74, 6) is 1.46. The van der Waals surface area contributed by atoms with Crippen molar-refractivity contribution >= 4 is 11.0 Å². The van der Waals surface area contributed by atoms with Gasteiger partial charge < -0.3 is 10.3 Å². The summed E-state index contributed by atoms with van der Waals surface area (Å²) < 4.78 is 2.16. The van der Waals surface area contributed by atoms with Gasteiger partial charge in [0, 0.05) is 19.5 Å². The van der Waals surface area contributed by atoms with Gasteiger partial charge >= 0.3 is 0 Å². The summed E-state index contributed by atoms with van der Waals surface area (Å²) in [6, 6.07) is 6.38. The van der Waals surface area contributed by atoms with Gasteiger partial charge in [-0.25, -0.2) is 4.98 Å². The van der Waals surface area contributed by atoms with Crippen LogP contribution in [0.25, 0.3) is 11.0 Å². The van der Waals surface area contributed by atoms with Gasteiger partial charge in [-0.1, -0.05) is 13.0 Å². The van der Waals surface area contributed by atoms with Crippen LogP contribution in [0.4, 0.5) is 0 Å². The molecule has 0 spiro atoms. The molecule has 0 saturated carbocycles. The fourth-order valence-corrected chi connectivity index (χ4v) is 2.15. The molecule has 1 aromatic carbocycles. The Morgan fingerprint density at radius 1 is 1.44 bits per heavy atom. The second-order valence-corrected chi connectivity index (χ2v) is 4.36. The third-order valence-electron chi connectivity index (χ3n) is 3.21. The average molecular weight is 217 g/mol. The van der Waals surface area contributed by atoms with Crippen molar-refractivity contribution in [3.05, 3.63) is 29.6 Å². The number of hydrogen-bond acceptors (Lipinski definition) is 2. The molecule has 16 heavy (non-hydrogen) atoms. The van der Waals surface area contributed by atoms with Crippen molar-refractivity contribution in [3.63, 3.8) is 0 Å². The zero-order valence-corrected chi connectivity index (χ0v) is 10.2. The number of aromatic nitrogens is 2. The molecule has 0 fully saturated rings. The van der Waals surface area contributed by atoms with E-state index in [1.807, 2.05) is 0 Å². The highest BCUT2D eigenvalue weighted by Crippen LogP contribution is 2.23. The van der Waals surface area contributed by atoms with Crippen LogP contribution in [-0.4, -0.2) is 16.1 Å². The van der Waals surface area contributed by atoms with E-state index in [4.69, 9.17) is 10.7 Å². The minimum absolute atomic E-state index is 0.359. The smallest absolute Gasteiger partial charge is 0.113 e. The third kappa shape index (κ3) is 1.71. The standard InChI is InChI=1S/C13H19N3/c1-4-10(8-14)13-15-11-7-9(2)5-6-12(11)16(13)3/h5-7,10H,4,8,14H2,1-3H3. The second-order valence-electron chi connectivity index (χ2n) is 4.36. The van der Waals surface area contributed by atoms with E-state index in [0.717, 1.165) is 17.8 Å². The fraction of sp³-hybridized carbons (Fsp3) is 0.462. The normalized spacial score (nSPS) is 13.2. The van der Waals surface area contributed by atoms with Gasteiger partial charge in [0.1, 0.15) is 5.82 Å². The van der Waals surface area contributed by atoms with Gasteiger partial charge in [-0.3, -0.25) is 0 Å². The molecular weight excluding hydrogens is 198 g/mol. The minimum atomic E-state index is 0.359. The largest absolute Gasteiger partial charge is 0.331 e. The van der Waals surface area contributed by atoms with E-state index in [9.17, 15) is 0 Å². The highest BCUT2D eigenvalue weighted by Gasteiger charge is 2.15. The summed E-state index contributed by atoms with van der Waals surface area (Å²) in [7, 11) is 2.07. The lowest BCUT2D eigenvalue weighted by atomic mass is 10.1. The maximum atomic E-state index is 5.78. The predicted molar refractivity (Wildman–Crippen MR) is 67.5 cm³/mol. The van der Waals surface area contributed by atoms with Crippen molar-refractivity contribution in [2.45, 2.75) is 26.2 Å². The first-order valence-electron chi connectivity index (χ1n) is 5.80. The van der Waals surface area contributed by atoms with Crippen LogP contribution in [0, 0.1) is 6.92 Å². The van der Waals surface area contributed by atoms with E-state index in [2.05, 4.69) is 43.7 Å². The number of aryl methyl sites for hydroxylation is 2. The highest BCUT2D eigenvalue weighted by molar-refractivity contribution is 5.76. The minimum Gasteiger partial charge on any atom is -0.331 e. The lowest BCUT2D eigenvalue weighted by Crippen LogP contribution is -2.15. The van der Waals surface area contributed by atoms with Gasteiger partial charge in [-0.15, -0.1) is 0 Å². The quantitative estimate of drug-likeness (QED) is 0.857. The van der Waals surface area contributed by atoms with E-state index >= 15 is 0 Å². The molecule has 1 aromatic heterocycles. The fourth-order valence-electron chi connectivity index (χ4n) is 2.15. The molecule has 1 heterocycles. The molecule has 0 aliphatic carbocycles. The molecule has 2 rings (SSSR count). The molecule has 3 heteroatoms. The summed E-state index contributed by atoms with van der Waals surface area (Å²) in [5, 5.41) is 0. The van der Waals surface area contributed by atoms with Crippen LogP contribution in [-0.2, 0) is 7.05 Å². The number of fused-ring (bicyclic) bond motifs is 1. The molecule has 0 radical (unpaired) electrons. The van der Waals surface area contributed by atoms with Crippen LogP contribution in [0.15, 0.2) is 18.2 Å². The van der Waals surface area contributed by atoms with Gasteiger partial charge in [0.15, 0.2) is 0 Å². The number of nitrogens with two attached hydrogens (primary N) is 1. The Morgan fingerprint density at radius 2 is 2.19 bits per heavy atom. The number of benzene rings is 1. The van der Waals surface area contributed by atoms with Crippen LogP contribution >= 0.6 is 0 Å². The van der Waals surface area contributed by atoms with E-state index in [0.29, 0.717) is 12.5 Å². The summed E-state index contributed by atoms with van der Waals surface area (Å²) in [4.78, 5) is 4.70. The number of hydrogen-bond donors (Lipinski definition) is 1. The molecule has 0 bridgehead atoms. The first kappa shape index (κ1) is 11.1.